The Kier molecular flexibility index (Phi) is 2.40. The average Bonchev–Trinajstić information content (AvgIpc) is 2.59. The zero-order valence-corrected chi connectivity index (χ0v) is 9.54. The standard InChI is InChI=1S/C12H18O3/c1-11(2)7-12(11,8-13)10-9(6-14-3)4-5-15-10/h4-5,13H,6-8H2,1-3H3. The quantitative estimate of drug-likeness (QED) is 0.827. The number of rotatable bonds is 4. The highest BCUT2D eigenvalue weighted by Crippen LogP contribution is 2.64. The second-order valence-electron chi connectivity index (χ2n) is 5.01. The molecule has 2 rings (SSSR count). The van der Waals surface area contributed by atoms with Crippen LogP contribution < -0.4 is 0 Å². The summed E-state index contributed by atoms with van der Waals surface area (Å²) in [5, 5.41) is 9.56. The van der Waals surface area contributed by atoms with Gasteiger partial charge in [-0.1, -0.05) is 13.8 Å². The normalized spacial score (nSPS) is 28.0. The first-order valence-electron chi connectivity index (χ1n) is 5.24. The molecule has 1 heterocycles. The van der Waals surface area contributed by atoms with E-state index in [2.05, 4.69) is 13.8 Å². The third-order valence-corrected chi connectivity index (χ3v) is 3.67. The molecule has 1 atom stereocenters. The van der Waals surface area contributed by atoms with E-state index < -0.39 is 0 Å². The van der Waals surface area contributed by atoms with E-state index in [1.165, 1.54) is 0 Å². The summed E-state index contributed by atoms with van der Waals surface area (Å²) in [6, 6.07) is 1.92. The van der Waals surface area contributed by atoms with E-state index in [9.17, 15) is 5.11 Å². The number of aliphatic hydroxyl groups is 1. The molecule has 1 saturated carbocycles. The lowest BCUT2D eigenvalue weighted by Crippen LogP contribution is -2.20. The molecule has 0 saturated heterocycles. The molecule has 1 aromatic rings. The van der Waals surface area contributed by atoms with Crippen LogP contribution in [0.2, 0.25) is 0 Å². The minimum Gasteiger partial charge on any atom is -0.468 e. The largest absolute Gasteiger partial charge is 0.468 e. The third-order valence-electron chi connectivity index (χ3n) is 3.67. The molecule has 0 radical (unpaired) electrons. The van der Waals surface area contributed by atoms with E-state index in [1.807, 2.05) is 6.07 Å². The monoisotopic (exact) mass is 210 g/mol. The van der Waals surface area contributed by atoms with Crippen LogP contribution in [0.1, 0.15) is 31.6 Å². The molecular formula is C12H18O3. The van der Waals surface area contributed by atoms with Crippen LogP contribution in [0.15, 0.2) is 16.7 Å². The van der Waals surface area contributed by atoms with Crippen molar-refractivity contribution in [2.75, 3.05) is 13.7 Å². The number of furan rings is 1. The third kappa shape index (κ3) is 1.42. The molecule has 1 aliphatic carbocycles. The Morgan fingerprint density at radius 1 is 1.53 bits per heavy atom. The van der Waals surface area contributed by atoms with Gasteiger partial charge in [-0.05, 0) is 17.9 Å². The van der Waals surface area contributed by atoms with Crippen molar-refractivity contribution >= 4 is 0 Å². The molecule has 0 spiro atoms. The molecule has 3 heteroatoms. The van der Waals surface area contributed by atoms with E-state index in [4.69, 9.17) is 9.15 Å². The first kappa shape index (κ1) is 10.7. The van der Waals surface area contributed by atoms with Crippen LogP contribution in [0.5, 0.6) is 0 Å². The van der Waals surface area contributed by atoms with Crippen LogP contribution >= 0.6 is 0 Å². The zero-order chi connectivity index (χ0) is 11.1. The first-order chi connectivity index (χ1) is 7.07. The zero-order valence-electron chi connectivity index (χ0n) is 9.54. The highest BCUT2D eigenvalue weighted by molar-refractivity contribution is 5.36. The van der Waals surface area contributed by atoms with Gasteiger partial charge in [0.15, 0.2) is 0 Å². The van der Waals surface area contributed by atoms with Crippen molar-refractivity contribution in [3.8, 4) is 0 Å². The molecule has 0 aliphatic heterocycles. The van der Waals surface area contributed by atoms with Gasteiger partial charge in [0.05, 0.1) is 24.9 Å². The molecular weight excluding hydrogens is 192 g/mol. The van der Waals surface area contributed by atoms with E-state index >= 15 is 0 Å². The molecule has 1 aromatic heterocycles. The maximum Gasteiger partial charge on any atom is 0.118 e. The number of methoxy groups -OCH3 is 1. The second-order valence-corrected chi connectivity index (χ2v) is 5.01. The Hall–Kier alpha value is -0.800. The second kappa shape index (κ2) is 3.35. The van der Waals surface area contributed by atoms with Gasteiger partial charge in [-0.3, -0.25) is 0 Å². The summed E-state index contributed by atoms with van der Waals surface area (Å²) >= 11 is 0. The van der Waals surface area contributed by atoms with Crippen molar-refractivity contribution in [1.29, 1.82) is 0 Å². The highest BCUT2D eigenvalue weighted by Gasteiger charge is 2.64. The van der Waals surface area contributed by atoms with Gasteiger partial charge in [0.1, 0.15) is 5.76 Å². The Labute approximate surface area is 90.0 Å². The number of aliphatic hydroxyl groups excluding tert-OH is 1. The fraction of sp³-hybridized carbons (Fsp3) is 0.667. The summed E-state index contributed by atoms with van der Waals surface area (Å²) in [4.78, 5) is 0. The summed E-state index contributed by atoms with van der Waals surface area (Å²) in [5.74, 6) is 0.900. The van der Waals surface area contributed by atoms with Crippen molar-refractivity contribution in [2.24, 2.45) is 5.41 Å². The topological polar surface area (TPSA) is 42.6 Å². The van der Waals surface area contributed by atoms with Crippen LogP contribution in [0.4, 0.5) is 0 Å². The lowest BCUT2D eigenvalue weighted by atomic mass is 9.92. The van der Waals surface area contributed by atoms with Crippen LogP contribution in [-0.2, 0) is 16.8 Å². The SMILES string of the molecule is COCc1ccoc1C1(CO)CC1(C)C. The van der Waals surface area contributed by atoms with Crippen molar-refractivity contribution in [3.05, 3.63) is 23.7 Å². The maximum atomic E-state index is 9.56. The molecule has 1 fully saturated rings. The van der Waals surface area contributed by atoms with E-state index in [0.717, 1.165) is 17.7 Å². The summed E-state index contributed by atoms with van der Waals surface area (Å²) in [5.41, 5.74) is 0.990. The Morgan fingerprint density at radius 2 is 2.20 bits per heavy atom. The Bertz CT molecular complexity index is 354. The van der Waals surface area contributed by atoms with Crippen molar-refractivity contribution in [2.45, 2.75) is 32.3 Å². The molecule has 0 bridgehead atoms. The maximum absolute atomic E-state index is 9.56. The minimum absolute atomic E-state index is 0.127. The molecule has 84 valence electrons. The predicted octanol–water partition coefficient (Wildman–Crippen LogP) is 2.09. The summed E-state index contributed by atoms with van der Waals surface area (Å²) in [6.45, 7) is 5.00. The van der Waals surface area contributed by atoms with Gasteiger partial charge in [0.2, 0.25) is 0 Å². The van der Waals surface area contributed by atoms with Crippen LogP contribution in [-0.4, -0.2) is 18.8 Å². The summed E-state index contributed by atoms with van der Waals surface area (Å²) in [6.07, 6.45) is 2.65. The van der Waals surface area contributed by atoms with Crippen molar-refractivity contribution in [3.63, 3.8) is 0 Å². The smallest absolute Gasteiger partial charge is 0.118 e. The Balaban J connectivity index is 2.33. The fourth-order valence-corrected chi connectivity index (χ4v) is 2.46. The van der Waals surface area contributed by atoms with Gasteiger partial charge in [0, 0.05) is 12.7 Å². The Morgan fingerprint density at radius 3 is 2.67 bits per heavy atom. The molecule has 1 aliphatic rings. The fourth-order valence-electron chi connectivity index (χ4n) is 2.46. The van der Waals surface area contributed by atoms with Gasteiger partial charge < -0.3 is 14.3 Å². The molecule has 15 heavy (non-hydrogen) atoms. The summed E-state index contributed by atoms with van der Waals surface area (Å²) in [7, 11) is 1.67. The van der Waals surface area contributed by atoms with Gasteiger partial charge in [0.25, 0.3) is 0 Å². The lowest BCUT2D eigenvalue weighted by molar-refractivity contribution is 0.174. The highest BCUT2D eigenvalue weighted by atomic mass is 16.5. The number of hydrogen-bond donors (Lipinski definition) is 1. The molecule has 1 N–H and O–H groups in total. The van der Waals surface area contributed by atoms with Crippen molar-refractivity contribution in [1.82, 2.24) is 0 Å². The van der Waals surface area contributed by atoms with Gasteiger partial charge in [-0.25, -0.2) is 0 Å². The average molecular weight is 210 g/mol. The summed E-state index contributed by atoms with van der Waals surface area (Å²) < 4.78 is 10.7. The van der Waals surface area contributed by atoms with Gasteiger partial charge in [-0.15, -0.1) is 0 Å². The van der Waals surface area contributed by atoms with Crippen molar-refractivity contribution < 1.29 is 14.3 Å². The van der Waals surface area contributed by atoms with Gasteiger partial charge in [-0.2, -0.15) is 0 Å². The van der Waals surface area contributed by atoms with Crippen LogP contribution in [0.3, 0.4) is 0 Å². The van der Waals surface area contributed by atoms with Gasteiger partial charge >= 0.3 is 0 Å². The van der Waals surface area contributed by atoms with E-state index in [1.54, 1.807) is 13.4 Å². The molecule has 1 unspecified atom stereocenters. The predicted molar refractivity (Wildman–Crippen MR) is 56.6 cm³/mol. The van der Waals surface area contributed by atoms with Crippen LogP contribution in [0.25, 0.3) is 0 Å². The number of hydrogen-bond acceptors (Lipinski definition) is 3. The van der Waals surface area contributed by atoms with Crippen LogP contribution in [0, 0.1) is 5.41 Å². The van der Waals surface area contributed by atoms with E-state index in [0.29, 0.717) is 6.61 Å². The first-order valence-corrected chi connectivity index (χ1v) is 5.24. The number of ether oxygens (including phenoxy) is 1. The lowest BCUT2D eigenvalue weighted by Gasteiger charge is -2.16. The molecule has 3 nitrogen and oxygen atoms in total. The molecule has 0 aromatic carbocycles. The molecule has 0 amide bonds. The van der Waals surface area contributed by atoms with E-state index in [-0.39, 0.29) is 17.4 Å². The minimum atomic E-state index is -0.190.